The van der Waals surface area contributed by atoms with Gasteiger partial charge in [-0.2, -0.15) is 0 Å². The van der Waals surface area contributed by atoms with Crippen molar-refractivity contribution in [2.24, 2.45) is 0 Å². The standard InChI is InChI=1S/C16H26N2O/c1-13(11-14-5-4-6-15(17)12-14)18-9-3-2-7-16(18)8-10-19/h4-6,12-13,16,19H,2-3,7-11,17H2,1H3. The molecule has 1 fully saturated rings. The Morgan fingerprint density at radius 1 is 1.42 bits per heavy atom. The van der Waals surface area contributed by atoms with Gasteiger partial charge in [0.2, 0.25) is 0 Å². The van der Waals surface area contributed by atoms with Crippen molar-refractivity contribution in [3.8, 4) is 0 Å². The predicted octanol–water partition coefficient (Wildman–Crippen LogP) is 2.44. The molecule has 0 bridgehead atoms. The molecule has 0 aromatic heterocycles. The van der Waals surface area contributed by atoms with Crippen molar-refractivity contribution in [3.05, 3.63) is 29.8 Å². The maximum atomic E-state index is 9.20. The molecule has 1 aromatic carbocycles. The zero-order valence-corrected chi connectivity index (χ0v) is 11.9. The van der Waals surface area contributed by atoms with Crippen molar-refractivity contribution in [2.75, 3.05) is 18.9 Å². The highest BCUT2D eigenvalue weighted by Crippen LogP contribution is 2.23. The van der Waals surface area contributed by atoms with Crippen LogP contribution in [0.5, 0.6) is 0 Å². The minimum absolute atomic E-state index is 0.298. The summed E-state index contributed by atoms with van der Waals surface area (Å²) in [6.45, 7) is 3.75. The number of benzene rings is 1. The van der Waals surface area contributed by atoms with Crippen molar-refractivity contribution >= 4 is 5.69 Å². The van der Waals surface area contributed by atoms with Gasteiger partial charge >= 0.3 is 0 Å². The number of hydrogen-bond acceptors (Lipinski definition) is 3. The monoisotopic (exact) mass is 262 g/mol. The first-order chi connectivity index (χ1) is 9.20. The van der Waals surface area contributed by atoms with Gasteiger partial charge in [0.25, 0.3) is 0 Å². The molecule has 0 spiro atoms. The highest BCUT2D eigenvalue weighted by atomic mass is 16.3. The molecular formula is C16H26N2O. The molecule has 3 nitrogen and oxygen atoms in total. The molecule has 2 atom stereocenters. The molecule has 2 unspecified atom stereocenters. The van der Waals surface area contributed by atoms with Crippen LogP contribution in [-0.2, 0) is 6.42 Å². The average Bonchev–Trinajstić information content (AvgIpc) is 2.39. The van der Waals surface area contributed by atoms with E-state index in [1.54, 1.807) is 0 Å². The number of nitrogens with two attached hydrogens (primary N) is 1. The zero-order chi connectivity index (χ0) is 13.7. The van der Waals surface area contributed by atoms with Crippen molar-refractivity contribution in [1.29, 1.82) is 0 Å². The first kappa shape index (κ1) is 14.4. The lowest BCUT2D eigenvalue weighted by molar-refractivity contribution is 0.0827. The molecule has 106 valence electrons. The van der Waals surface area contributed by atoms with Gasteiger partial charge in [-0.15, -0.1) is 0 Å². The first-order valence-electron chi connectivity index (χ1n) is 7.41. The SMILES string of the molecule is CC(Cc1cccc(N)c1)N1CCCCC1CCO. The second kappa shape index (κ2) is 6.92. The van der Waals surface area contributed by atoms with E-state index in [1.807, 2.05) is 12.1 Å². The van der Waals surface area contributed by atoms with Gasteiger partial charge in [-0.3, -0.25) is 4.90 Å². The molecule has 1 heterocycles. The molecule has 1 aliphatic heterocycles. The summed E-state index contributed by atoms with van der Waals surface area (Å²) in [6, 6.07) is 9.25. The average molecular weight is 262 g/mol. The van der Waals surface area contributed by atoms with E-state index >= 15 is 0 Å². The highest BCUT2D eigenvalue weighted by molar-refractivity contribution is 5.40. The fraction of sp³-hybridized carbons (Fsp3) is 0.625. The van der Waals surface area contributed by atoms with Crippen LogP contribution in [0, 0.1) is 0 Å². The number of hydrogen-bond donors (Lipinski definition) is 2. The van der Waals surface area contributed by atoms with E-state index in [1.165, 1.54) is 24.8 Å². The van der Waals surface area contributed by atoms with Gasteiger partial charge in [0.1, 0.15) is 0 Å². The van der Waals surface area contributed by atoms with Gasteiger partial charge in [0.15, 0.2) is 0 Å². The molecular weight excluding hydrogens is 236 g/mol. The Balaban J connectivity index is 1.99. The molecule has 0 radical (unpaired) electrons. The normalized spacial score (nSPS) is 22.3. The van der Waals surface area contributed by atoms with E-state index in [0.29, 0.717) is 18.7 Å². The van der Waals surface area contributed by atoms with Gasteiger partial charge in [0.05, 0.1) is 0 Å². The Morgan fingerprint density at radius 3 is 3.00 bits per heavy atom. The second-order valence-electron chi connectivity index (χ2n) is 5.70. The maximum absolute atomic E-state index is 9.20. The van der Waals surface area contributed by atoms with E-state index in [0.717, 1.165) is 25.1 Å². The molecule has 19 heavy (non-hydrogen) atoms. The van der Waals surface area contributed by atoms with Crippen molar-refractivity contribution < 1.29 is 5.11 Å². The third kappa shape index (κ3) is 3.95. The van der Waals surface area contributed by atoms with Crippen LogP contribution in [0.3, 0.4) is 0 Å². The summed E-state index contributed by atoms with van der Waals surface area (Å²) in [6.07, 6.45) is 5.74. The summed E-state index contributed by atoms with van der Waals surface area (Å²) < 4.78 is 0. The molecule has 1 aliphatic rings. The molecule has 1 aromatic rings. The third-order valence-corrected chi connectivity index (χ3v) is 4.18. The number of likely N-dealkylation sites (tertiary alicyclic amines) is 1. The molecule has 3 heteroatoms. The van der Waals surface area contributed by atoms with Crippen LogP contribution < -0.4 is 5.73 Å². The fourth-order valence-electron chi connectivity index (χ4n) is 3.24. The maximum Gasteiger partial charge on any atom is 0.0445 e. The lowest BCUT2D eigenvalue weighted by Crippen LogP contribution is -2.46. The topological polar surface area (TPSA) is 49.5 Å². The minimum Gasteiger partial charge on any atom is -0.399 e. The Bertz CT molecular complexity index is 392. The van der Waals surface area contributed by atoms with Gasteiger partial charge in [-0.1, -0.05) is 18.6 Å². The van der Waals surface area contributed by atoms with Crippen molar-refractivity contribution in [1.82, 2.24) is 4.90 Å². The highest BCUT2D eigenvalue weighted by Gasteiger charge is 2.25. The molecule has 3 N–H and O–H groups in total. The fourth-order valence-corrected chi connectivity index (χ4v) is 3.24. The van der Waals surface area contributed by atoms with Crippen molar-refractivity contribution in [2.45, 2.75) is 51.1 Å². The van der Waals surface area contributed by atoms with Crippen LogP contribution in [0.2, 0.25) is 0 Å². The van der Waals surface area contributed by atoms with Crippen molar-refractivity contribution in [3.63, 3.8) is 0 Å². The van der Waals surface area contributed by atoms with Crippen LogP contribution in [0.15, 0.2) is 24.3 Å². The number of nitrogens with zero attached hydrogens (tertiary/aromatic N) is 1. The van der Waals surface area contributed by atoms with E-state index in [-0.39, 0.29) is 0 Å². The largest absolute Gasteiger partial charge is 0.399 e. The Morgan fingerprint density at radius 2 is 2.26 bits per heavy atom. The molecule has 2 rings (SSSR count). The summed E-state index contributed by atoms with van der Waals surface area (Å²) in [4.78, 5) is 2.57. The van der Waals surface area contributed by atoms with E-state index in [2.05, 4.69) is 24.0 Å². The Labute approximate surface area is 116 Å². The molecule has 0 amide bonds. The summed E-state index contributed by atoms with van der Waals surface area (Å²) in [5.41, 5.74) is 7.99. The van der Waals surface area contributed by atoms with Crippen LogP contribution in [0.25, 0.3) is 0 Å². The summed E-state index contributed by atoms with van der Waals surface area (Å²) in [7, 11) is 0. The van der Waals surface area contributed by atoms with Crippen LogP contribution in [-0.4, -0.2) is 35.2 Å². The van der Waals surface area contributed by atoms with E-state index < -0.39 is 0 Å². The third-order valence-electron chi connectivity index (χ3n) is 4.18. The second-order valence-corrected chi connectivity index (χ2v) is 5.70. The van der Waals surface area contributed by atoms with Gasteiger partial charge < -0.3 is 10.8 Å². The number of aliphatic hydroxyl groups excluding tert-OH is 1. The molecule has 0 aliphatic carbocycles. The Kier molecular flexibility index (Phi) is 5.23. The van der Waals surface area contributed by atoms with Gasteiger partial charge in [-0.25, -0.2) is 0 Å². The quantitative estimate of drug-likeness (QED) is 0.801. The number of aliphatic hydroxyl groups is 1. The smallest absolute Gasteiger partial charge is 0.0445 e. The van der Waals surface area contributed by atoms with Gasteiger partial charge in [-0.05, 0) is 56.8 Å². The van der Waals surface area contributed by atoms with E-state index in [9.17, 15) is 5.11 Å². The summed E-state index contributed by atoms with van der Waals surface area (Å²) >= 11 is 0. The van der Waals surface area contributed by atoms with E-state index in [4.69, 9.17) is 5.73 Å². The van der Waals surface area contributed by atoms with Crippen LogP contribution in [0.1, 0.15) is 38.2 Å². The van der Waals surface area contributed by atoms with Crippen LogP contribution in [0.4, 0.5) is 5.69 Å². The number of nitrogen functional groups attached to an aromatic ring is 1. The Hall–Kier alpha value is -1.06. The number of rotatable bonds is 5. The molecule has 1 saturated heterocycles. The lowest BCUT2D eigenvalue weighted by atomic mass is 9.95. The zero-order valence-electron chi connectivity index (χ0n) is 11.9. The molecule has 0 saturated carbocycles. The predicted molar refractivity (Wildman–Crippen MR) is 80.1 cm³/mol. The van der Waals surface area contributed by atoms with Crippen LogP contribution >= 0.6 is 0 Å². The van der Waals surface area contributed by atoms with Gasteiger partial charge in [0, 0.05) is 24.4 Å². The number of anilines is 1. The minimum atomic E-state index is 0.298. The first-order valence-corrected chi connectivity index (χ1v) is 7.41. The lowest BCUT2D eigenvalue weighted by Gasteiger charge is -2.40. The summed E-state index contributed by atoms with van der Waals surface area (Å²) in [5.74, 6) is 0. The number of piperidine rings is 1. The summed E-state index contributed by atoms with van der Waals surface area (Å²) in [5, 5.41) is 9.20.